The lowest BCUT2D eigenvalue weighted by Crippen LogP contribution is -2.40. The van der Waals surface area contributed by atoms with E-state index in [-0.39, 0.29) is 18.9 Å². The smallest absolute Gasteiger partial charge is 0.261 e. The van der Waals surface area contributed by atoms with Gasteiger partial charge in [0, 0.05) is 12.6 Å². The summed E-state index contributed by atoms with van der Waals surface area (Å²) in [6.07, 6.45) is 2.85. The average molecular weight is 278 g/mol. The van der Waals surface area contributed by atoms with Crippen LogP contribution in [0.5, 0.6) is 0 Å². The molecule has 1 saturated carbocycles. The molecule has 0 heterocycles. The van der Waals surface area contributed by atoms with Crippen molar-refractivity contribution in [3.8, 4) is 0 Å². The van der Waals surface area contributed by atoms with E-state index in [1.54, 1.807) is 0 Å². The van der Waals surface area contributed by atoms with Gasteiger partial charge in [-0.2, -0.15) is 0 Å². The fraction of sp³-hybridized carbons (Fsp3) is 0.923. The second-order valence-corrected chi connectivity index (χ2v) is 4.88. The summed E-state index contributed by atoms with van der Waals surface area (Å²) < 4.78 is 28.6. The third-order valence-electron chi connectivity index (χ3n) is 3.39. The Kier molecular flexibility index (Phi) is 7.90. The molecule has 0 atom stereocenters. The minimum Gasteiger partial charge on any atom is -0.375 e. The van der Waals surface area contributed by atoms with Gasteiger partial charge in [0.1, 0.15) is 6.61 Å². The zero-order chi connectivity index (χ0) is 14.1. The van der Waals surface area contributed by atoms with Crippen molar-refractivity contribution in [1.82, 2.24) is 4.90 Å². The molecule has 112 valence electrons. The first kappa shape index (κ1) is 16.3. The predicted molar refractivity (Wildman–Crippen MR) is 69.1 cm³/mol. The van der Waals surface area contributed by atoms with Crippen molar-refractivity contribution >= 4 is 5.91 Å². The van der Waals surface area contributed by atoms with E-state index in [4.69, 9.17) is 10.5 Å². The summed E-state index contributed by atoms with van der Waals surface area (Å²) in [5, 5.41) is 0. The van der Waals surface area contributed by atoms with E-state index in [0.717, 1.165) is 32.1 Å². The monoisotopic (exact) mass is 278 g/mol. The van der Waals surface area contributed by atoms with Crippen LogP contribution in [0.15, 0.2) is 0 Å². The summed E-state index contributed by atoms with van der Waals surface area (Å²) in [6.45, 7) is 0.682. The zero-order valence-corrected chi connectivity index (χ0v) is 11.3. The number of hydrogen-bond donors (Lipinski definition) is 1. The number of alkyl halides is 2. The van der Waals surface area contributed by atoms with E-state index in [9.17, 15) is 13.6 Å². The van der Waals surface area contributed by atoms with Gasteiger partial charge in [-0.15, -0.1) is 0 Å². The minimum absolute atomic E-state index is 0.00498. The van der Waals surface area contributed by atoms with Crippen LogP contribution in [0.3, 0.4) is 0 Å². The maximum absolute atomic E-state index is 12.1. The van der Waals surface area contributed by atoms with Crippen LogP contribution >= 0.6 is 0 Å². The summed E-state index contributed by atoms with van der Waals surface area (Å²) in [6, 6.07) is 0.300. The van der Waals surface area contributed by atoms with Crippen LogP contribution in [-0.2, 0) is 9.53 Å². The molecule has 0 bridgehead atoms. The van der Waals surface area contributed by atoms with Crippen molar-refractivity contribution in [3.05, 3.63) is 0 Å². The molecule has 1 rings (SSSR count). The second kappa shape index (κ2) is 9.20. The van der Waals surface area contributed by atoms with Gasteiger partial charge in [-0.05, 0) is 25.8 Å². The van der Waals surface area contributed by atoms with Crippen molar-refractivity contribution in [2.75, 3.05) is 26.3 Å². The second-order valence-electron chi connectivity index (χ2n) is 4.88. The molecule has 0 unspecified atom stereocenters. The molecule has 1 amide bonds. The lowest BCUT2D eigenvalue weighted by molar-refractivity contribution is -0.135. The van der Waals surface area contributed by atoms with Gasteiger partial charge < -0.3 is 15.4 Å². The number of ether oxygens (including phenoxy) is 1. The number of nitrogens with two attached hydrogens (primary N) is 1. The standard InChI is InChI=1S/C13H24F2N2O2/c14-12(15)10-19-9-6-13(18)17(8-3-7-16)11-4-1-2-5-11/h11-12H,1-10,16H2. The fourth-order valence-electron chi connectivity index (χ4n) is 2.46. The Bertz CT molecular complexity index is 259. The van der Waals surface area contributed by atoms with E-state index >= 15 is 0 Å². The van der Waals surface area contributed by atoms with Crippen molar-refractivity contribution in [2.24, 2.45) is 5.73 Å². The Hall–Kier alpha value is -0.750. The SMILES string of the molecule is NCCCN(C(=O)CCOCC(F)F)C1CCCC1. The number of rotatable bonds is 9. The highest BCUT2D eigenvalue weighted by Crippen LogP contribution is 2.24. The van der Waals surface area contributed by atoms with Crippen molar-refractivity contribution in [3.63, 3.8) is 0 Å². The molecule has 19 heavy (non-hydrogen) atoms. The van der Waals surface area contributed by atoms with Gasteiger partial charge in [0.25, 0.3) is 6.43 Å². The highest BCUT2D eigenvalue weighted by atomic mass is 19.3. The minimum atomic E-state index is -2.47. The first-order valence-corrected chi connectivity index (χ1v) is 7.00. The van der Waals surface area contributed by atoms with Crippen LogP contribution in [0, 0.1) is 0 Å². The molecule has 1 aliphatic carbocycles. The summed E-state index contributed by atoms with van der Waals surface area (Å²) in [7, 11) is 0. The Morgan fingerprint density at radius 2 is 2.05 bits per heavy atom. The molecule has 0 spiro atoms. The van der Waals surface area contributed by atoms with Crippen LogP contribution in [-0.4, -0.2) is 49.6 Å². The molecular weight excluding hydrogens is 254 g/mol. The highest BCUT2D eigenvalue weighted by molar-refractivity contribution is 5.76. The van der Waals surface area contributed by atoms with Crippen LogP contribution in [0.2, 0.25) is 0 Å². The molecule has 0 aliphatic heterocycles. The van der Waals surface area contributed by atoms with Crippen molar-refractivity contribution in [2.45, 2.75) is 51.0 Å². The predicted octanol–water partition coefficient (Wildman–Crippen LogP) is 1.78. The summed E-state index contributed by atoms with van der Waals surface area (Å²) in [4.78, 5) is 14.0. The molecular formula is C13H24F2N2O2. The first-order valence-electron chi connectivity index (χ1n) is 7.00. The first-order chi connectivity index (χ1) is 9.15. The van der Waals surface area contributed by atoms with Gasteiger partial charge in [0.05, 0.1) is 13.0 Å². The normalized spacial score (nSPS) is 16.2. The lowest BCUT2D eigenvalue weighted by Gasteiger charge is -2.29. The van der Waals surface area contributed by atoms with E-state index in [0.29, 0.717) is 19.1 Å². The number of halogens is 2. The molecule has 2 N–H and O–H groups in total. The topological polar surface area (TPSA) is 55.6 Å². The van der Waals surface area contributed by atoms with Crippen LogP contribution in [0.1, 0.15) is 38.5 Å². The maximum Gasteiger partial charge on any atom is 0.261 e. The van der Waals surface area contributed by atoms with E-state index in [2.05, 4.69) is 0 Å². The number of carbonyl (C=O) groups is 1. The third-order valence-corrected chi connectivity index (χ3v) is 3.39. The van der Waals surface area contributed by atoms with Gasteiger partial charge in [0.2, 0.25) is 5.91 Å². The molecule has 0 aromatic carbocycles. The Morgan fingerprint density at radius 1 is 1.37 bits per heavy atom. The third kappa shape index (κ3) is 6.29. The van der Waals surface area contributed by atoms with Crippen molar-refractivity contribution in [1.29, 1.82) is 0 Å². The van der Waals surface area contributed by atoms with Crippen LogP contribution in [0.4, 0.5) is 8.78 Å². The number of nitrogens with zero attached hydrogens (tertiary/aromatic N) is 1. The van der Waals surface area contributed by atoms with E-state index < -0.39 is 13.0 Å². The average Bonchev–Trinajstić information content (AvgIpc) is 2.88. The van der Waals surface area contributed by atoms with Crippen molar-refractivity contribution < 1.29 is 18.3 Å². The largest absolute Gasteiger partial charge is 0.375 e. The van der Waals surface area contributed by atoms with Gasteiger partial charge >= 0.3 is 0 Å². The Labute approximate surface area is 113 Å². The zero-order valence-electron chi connectivity index (χ0n) is 11.3. The molecule has 0 saturated heterocycles. The Balaban J connectivity index is 2.33. The molecule has 4 nitrogen and oxygen atoms in total. The van der Waals surface area contributed by atoms with E-state index in [1.165, 1.54) is 0 Å². The molecule has 0 radical (unpaired) electrons. The van der Waals surface area contributed by atoms with Crippen LogP contribution < -0.4 is 5.73 Å². The summed E-state index contributed by atoms with van der Waals surface area (Å²) >= 11 is 0. The number of hydrogen-bond acceptors (Lipinski definition) is 3. The Morgan fingerprint density at radius 3 is 2.63 bits per heavy atom. The van der Waals surface area contributed by atoms with Gasteiger partial charge in [-0.3, -0.25) is 4.79 Å². The van der Waals surface area contributed by atoms with Gasteiger partial charge in [-0.25, -0.2) is 8.78 Å². The van der Waals surface area contributed by atoms with Crippen LogP contribution in [0.25, 0.3) is 0 Å². The maximum atomic E-state index is 12.1. The molecule has 1 aliphatic rings. The number of amides is 1. The fourth-order valence-corrected chi connectivity index (χ4v) is 2.46. The quantitative estimate of drug-likeness (QED) is 0.654. The molecule has 6 heteroatoms. The van der Waals surface area contributed by atoms with Gasteiger partial charge in [-0.1, -0.05) is 12.8 Å². The lowest BCUT2D eigenvalue weighted by atomic mass is 10.2. The molecule has 1 fully saturated rings. The number of carbonyl (C=O) groups excluding carboxylic acids is 1. The highest BCUT2D eigenvalue weighted by Gasteiger charge is 2.25. The molecule has 0 aromatic heterocycles. The summed E-state index contributed by atoms with van der Waals surface area (Å²) in [5.41, 5.74) is 5.48. The summed E-state index contributed by atoms with van der Waals surface area (Å²) in [5.74, 6) is -0.00498. The molecule has 0 aromatic rings. The van der Waals surface area contributed by atoms with E-state index in [1.807, 2.05) is 4.90 Å². The van der Waals surface area contributed by atoms with Gasteiger partial charge in [0.15, 0.2) is 0 Å².